The van der Waals surface area contributed by atoms with Crippen LogP contribution >= 0.6 is 0 Å². The van der Waals surface area contributed by atoms with Crippen LogP contribution < -0.4 is 10.5 Å². The van der Waals surface area contributed by atoms with E-state index in [4.69, 9.17) is 9.88 Å². The highest BCUT2D eigenvalue weighted by Gasteiger charge is 2.30. The molecule has 0 aliphatic carbocycles. The number of primary sulfonamides is 1. The number of anilines is 1. The zero-order valence-electron chi connectivity index (χ0n) is 16.7. The van der Waals surface area contributed by atoms with Crippen molar-refractivity contribution in [3.8, 4) is 0 Å². The summed E-state index contributed by atoms with van der Waals surface area (Å²) in [6.45, 7) is 5.45. The molecule has 0 aliphatic heterocycles. The Morgan fingerprint density at radius 1 is 1.03 bits per heavy atom. The second-order valence-electron chi connectivity index (χ2n) is 6.91. The number of carbonyl (C=O) groups excluding carboxylic acids is 2. The average Bonchev–Trinajstić information content (AvgIpc) is 2.68. The molecule has 0 saturated carbocycles. The molecule has 156 valence electrons. The summed E-state index contributed by atoms with van der Waals surface area (Å²) < 4.78 is 28.0. The SMILES string of the molecule is CC[C@@H](C)[C@@H](C(=O)O[C@@H](C)C(=O)Nc1ccc(S(N)(=O)=O)cc1)c1ccccc1. The molecule has 0 bridgehead atoms. The topological polar surface area (TPSA) is 116 Å². The first kappa shape index (κ1) is 22.6. The van der Waals surface area contributed by atoms with E-state index < -0.39 is 33.9 Å². The lowest BCUT2D eigenvalue weighted by Gasteiger charge is -2.23. The lowest BCUT2D eigenvalue weighted by atomic mass is 9.85. The van der Waals surface area contributed by atoms with Crippen LogP contribution in [0.25, 0.3) is 0 Å². The Morgan fingerprint density at radius 2 is 1.62 bits per heavy atom. The van der Waals surface area contributed by atoms with Gasteiger partial charge in [0.15, 0.2) is 6.10 Å². The van der Waals surface area contributed by atoms with Crippen LogP contribution in [0.2, 0.25) is 0 Å². The maximum atomic E-state index is 12.8. The summed E-state index contributed by atoms with van der Waals surface area (Å²) >= 11 is 0. The molecule has 0 unspecified atom stereocenters. The summed E-state index contributed by atoms with van der Waals surface area (Å²) in [5.74, 6) is -1.40. The summed E-state index contributed by atoms with van der Waals surface area (Å²) in [5.41, 5.74) is 1.21. The smallest absolute Gasteiger partial charge is 0.314 e. The predicted octanol–water partition coefficient (Wildman–Crippen LogP) is 3.03. The molecule has 0 saturated heterocycles. The second kappa shape index (κ2) is 9.67. The molecular weight excluding hydrogens is 392 g/mol. The Labute approximate surface area is 171 Å². The number of esters is 1. The molecule has 0 fully saturated rings. The molecule has 2 aromatic rings. The number of hydrogen-bond donors (Lipinski definition) is 2. The van der Waals surface area contributed by atoms with Gasteiger partial charge in [-0.15, -0.1) is 0 Å². The Balaban J connectivity index is 2.06. The molecule has 0 spiro atoms. The van der Waals surface area contributed by atoms with Crippen LogP contribution in [0.15, 0.2) is 59.5 Å². The van der Waals surface area contributed by atoms with Crippen LogP contribution in [-0.2, 0) is 24.3 Å². The minimum absolute atomic E-state index is 0.0471. The summed E-state index contributed by atoms with van der Waals surface area (Å²) in [6.07, 6.45) is -0.235. The lowest BCUT2D eigenvalue weighted by Crippen LogP contribution is -2.33. The molecule has 2 rings (SSSR count). The predicted molar refractivity (Wildman–Crippen MR) is 111 cm³/mol. The number of amides is 1. The van der Waals surface area contributed by atoms with E-state index in [1.54, 1.807) is 0 Å². The van der Waals surface area contributed by atoms with Gasteiger partial charge in [0.05, 0.1) is 10.8 Å². The van der Waals surface area contributed by atoms with E-state index in [-0.39, 0.29) is 10.8 Å². The van der Waals surface area contributed by atoms with Crippen molar-refractivity contribution in [2.45, 2.75) is 44.1 Å². The number of rotatable bonds is 8. The van der Waals surface area contributed by atoms with Crippen molar-refractivity contribution in [2.75, 3.05) is 5.32 Å². The first-order chi connectivity index (χ1) is 13.6. The number of benzene rings is 2. The van der Waals surface area contributed by atoms with Crippen molar-refractivity contribution >= 4 is 27.6 Å². The van der Waals surface area contributed by atoms with Gasteiger partial charge in [0.25, 0.3) is 5.91 Å². The highest BCUT2D eigenvalue weighted by atomic mass is 32.2. The van der Waals surface area contributed by atoms with Crippen molar-refractivity contribution in [3.05, 3.63) is 60.2 Å². The van der Waals surface area contributed by atoms with Gasteiger partial charge >= 0.3 is 5.97 Å². The van der Waals surface area contributed by atoms with Crippen molar-refractivity contribution in [3.63, 3.8) is 0 Å². The summed E-state index contributed by atoms with van der Waals surface area (Å²) in [6, 6.07) is 14.7. The Bertz CT molecular complexity index is 943. The molecule has 8 heteroatoms. The maximum Gasteiger partial charge on any atom is 0.314 e. The monoisotopic (exact) mass is 418 g/mol. The van der Waals surface area contributed by atoms with Crippen LogP contribution in [0.4, 0.5) is 5.69 Å². The molecular formula is C21H26N2O5S. The van der Waals surface area contributed by atoms with E-state index in [2.05, 4.69) is 5.32 Å². The van der Waals surface area contributed by atoms with Gasteiger partial charge < -0.3 is 10.1 Å². The Kier molecular flexibility index (Phi) is 7.53. The first-order valence-corrected chi connectivity index (χ1v) is 10.9. The molecule has 29 heavy (non-hydrogen) atoms. The first-order valence-electron chi connectivity index (χ1n) is 9.32. The fraction of sp³-hybridized carbons (Fsp3) is 0.333. The van der Waals surface area contributed by atoms with Crippen molar-refractivity contribution in [1.82, 2.24) is 0 Å². The molecule has 3 atom stereocenters. The zero-order chi connectivity index (χ0) is 21.6. The number of hydrogen-bond acceptors (Lipinski definition) is 5. The van der Waals surface area contributed by atoms with Crippen molar-refractivity contribution in [1.29, 1.82) is 0 Å². The molecule has 7 nitrogen and oxygen atoms in total. The number of ether oxygens (including phenoxy) is 1. The fourth-order valence-corrected chi connectivity index (χ4v) is 3.38. The van der Waals surface area contributed by atoms with Gasteiger partial charge in [-0.1, -0.05) is 50.6 Å². The number of sulfonamides is 1. The van der Waals surface area contributed by atoms with Gasteiger partial charge in [0.2, 0.25) is 10.0 Å². The number of nitrogens with two attached hydrogens (primary N) is 1. The number of carbonyl (C=O) groups is 2. The van der Waals surface area contributed by atoms with E-state index in [0.717, 1.165) is 12.0 Å². The maximum absolute atomic E-state index is 12.8. The standard InChI is InChI=1S/C21H26N2O5S/c1-4-14(2)19(16-8-6-5-7-9-16)21(25)28-15(3)20(24)23-17-10-12-18(13-11-17)29(22,26)27/h5-15,19H,4H2,1-3H3,(H,23,24)(H2,22,26,27)/t14-,15+,19-/m1/s1. The van der Waals surface area contributed by atoms with Gasteiger partial charge in [-0.25, -0.2) is 13.6 Å². The zero-order valence-corrected chi connectivity index (χ0v) is 17.5. The fourth-order valence-electron chi connectivity index (χ4n) is 2.87. The quantitative estimate of drug-likeness (QED) is 0.639. The minimum atomic E-state index is -3.81. The molecule has 3 N–H and O–H groups in total. The Morgan fingerprint density at radius 3 is 2.14 bits per heavy atom. The van der Waals surface area contributed by atoms with Crippen molar-refractivity contribution in [2.24, 2.45) is 11.1 Å². The molecule has 1 amide bonds. The van der Waals surface area contributed by atoms with Gasteiger partial charge in [-0.3, -0.25) is 9.59 Å². The number of nitrogens with one attached hydrogen (secondary N) is 1. The largest absolute Gasteiger partial charge is 0.452 e. The third kappa shape index (κ3) is 6.13. The van der Waals surface area contributed by atoms with Gasteiger partial charge in [0, 0.05) is 5.69 Å². The summed E-state index contributed by atoms with van der Waals surface area (Å²) in [5, 5.41) is 7.65. The lowest BCUT2D eigenvalue weighted by molar-refractivity contribution is -0.155. The van der Waals surface area contributed by atoms with Crippen LogP contribution in [0, 0.1) is 5.92 Å². The van der Waals surface area contributed by atoms with Crippen molar-refractivity contribution < 1.29 is 22.7 Å². The molecule has 0 aliphatic rings. The van der Waals surface area contributed by atoms with E-state index >= 15 is 0 Å². The molecule has 0 radical (unpaired) electrons. The Hall–Kier alpha value is -2.71. The van der Waals surface area contributed by atoms with Gasteiger partial charge in [0.1, 0.15) is 0 Å². The van der Waals surface area contributed by atoms with Crippen LogP contribution in [-0.4, -0.2) is 26.4 Å². The normalized spacial score (nSPS) is 14.5. The molecule has 0 aromatic heterocycles. The third-order valence-corrected chi connectivity index (χ3v) is 5.67. The summed E-state index contributed by atoms with van der Waals surface area (Å²) in [4.78, 5) is 25.1. The third-order valence-electron chi connectivity index (χ3n) is 4.74. The highest BCUT2D eigenvalue weighted by Crippen LogP contribution is 2.28. The van der Waals surface area contributed by atoms with E-state index in [0.29, 0.717) is 5.69 Å². The van der Waals surface area contributed by atoms with Gasteiger partial charge in [-0.05, 0) is 42.7 Å². The molecule has 0 heterocycles. The van der Waals surface area contributed by atoms with Crippen LogP contribution in [0.1, 0.15) is 38.7 Å². The summed E-state index contributed by atoms with van der Waals surface area (Å²) in [7, 11) is -3.81. The average molecular weight is 419 g/mol. The minimum Gasteiger partial charge on any atom is -0.452 e. The van der Waals surface area contributed by atoms with E-state index in [1.807, 2.05) is 44.2 Å². The van der Waals surface area contributed by atoms with Gasteiger partial charge in [-0.2, -0.15) is 0 Å². The highest BCUT2D eigenvalue weighted by molar-refractivity contribution is 7.89. The van der Waals surface area contributed by atoms with E-state index in [1.165, 1.54) is 31.2 Å². The van der Waals surface area contributed by atoms with Crippen LogP contribution in [0.3, 0.4) is 0 Å². The van der Waals surface area contributed by atoms with Crippen LogP contribution in [0.5, 0.6) is 0 Å². The second-order valence-corrected chi connectivity index (χ2v) is 8.47. The van der Waals surface area contributed by atoms with E-state index in [9.17, 15) is 18.0 Å². The molecule has 2 aromatic carbocycles.